The van der Waals surface area contributed by atoms with Gasteiger partial charge in [-0.1, -0.05) is 0 Å². The summed E-state index contributed by atoms with van der Waals surface area (Å²) in [6.07, 6.45) is 3.57. The number of imidazole rings is 1. The highest BCUT2D eigenvalue weighted by Gasteiger charge is 2.16. The Bertz CT molecular complexity index is 778. The standard InChI is InChI=1S/C14H10F2N2OS/c1-8-4-10(12(16)6-11(8)15)13(19)5-9-7-18-2-3-20-14(18)17-9/h2-4,6-7H,5H2,1H3. The van der Waals surface area contributed by atoms with Crippen LogP contribution in [0.5, 0.6) is 0 Å². The molecule has 2 aromatic heterocycles. The fourth-order valence-electron chi connectivity index (χ4n) is 1.99. The van der Waals surface area contributed by atoms with E-state index < -0.39 is 17.4 Å². The molecule has 0 aliphatic rings. The van der Waals surface area contributed by atoms with Gasteiger partial charge in [-0.2, -0.15) is 0 Å². The van der Waals surface area contributed by atoms with E-state index in [-0.39, 0.29) is 17.5 Å². The lowest BCUT2D eigenvalue weighted by Crippen LogP contribution is -2.07. The van der Waals surface area contributed by atoms with Crippen molar-refractivity contribution in [3.05, 3.63) is 58.4 Å². The molecule has 0 aliphatic heterocycles. The van der Waals surface area contributed by atoms with E-state index in [9.17, 15) is 13.6 Å². The second-order valence-electron chi connectivity index (χ2n) is 4.51. The first-order chi connectivity index (χ1) is 9.54. The summed E-state index contributed by atoms with van der Waals surface area (Å²) in [6.45, 7) is 1.50. The number of hydrogen-bond acceptors (Lipinski definition) is 3. The van der Waals surface area contributed by atoms with Gasteiger partial charge in [0.2, 0.25) is 0 Å². The SMILES string of the molecule is Cc1cc(C(=O)Cc2cn3ccsc3n2)c(F)cc1F. The highest BCUT2D eigenvalue weighted by molar-refractivity contribution is 7.15. The number of aromatic nitrogens is 2. The van der Waals surface area contributed by atoms with E-state index >= 15 is 0 Å². The Balaban J connectivity index is 1.89. The first kappa shape index (κ1) is 12.9. The Kier molecular flexibility index (Phi) is 3.10. The summed E-state index contributed by atoms with van der Waals surface area (Å²) in [5, 5.41) is 1.89. The van der Waals surface area contributed by atoms with Crippen LogP contribution in [0.3, 0.4) is 0 Å². The molecule has 0 fully saturated rings. The molecule has 3 nitrogen and oxygen atoms in total. The number of carbonyl (C=O) groups excluding carboxylic acids is 1. The molecule has 2 heterocycles. The van der Waals surface area contributed by atoms with Gasteiger partial charge in [0.15, 0.2) is 10.7 Å². The molecule has 1 aromatic carbocycles. The van der Waals surface area contributed by atoms with Crippen LogP contribution in [-0.2, 0) is 6.42 Å². The number of benzene rings is 1. The quantitative estimate of drug-likeness (QED) is 0.693. The van der Waals surface area contributed by atoms with E-state index in [0.29, 0.717) is 5.69 Å². The molecule has 0 unspecified atom stereocenters. The molecule has 0 atom stereocenters. The molecule has 0 aliphatic carbocycles. The fourth-order valence-corrected chi connectivity index (χ4v) is 2.71. The van der Waals surface area contributed by atoms with Crippen molar-refractivity contribution in [1.82, 2.24) is 9.38 Å². The minimum Gasteiger partial charge on any atom is -0.297 e. The second-order valence-corrected chi connectivity index (χ2v) is 5.38. The number of ketones is 1. The van der Waals surface area contributed by atoms with Gasteiger partial charge in [-0.05, 0) is 18.6 Å². The van der Waals surface area contributed by atoms with Gasteiger partial charge in [-0.3, -0.25) is 9.20 Å². The third-order valence-electron chi connectivity index (χ3n) is 3.03. The van der Waals surface area contributed by atoms with E-state index in [2.05, 4.69) is 4.98 Å². The highest BCUT2D eigenvalue weighted by atomic mass is 32.1. The summed E-state index contributed by atoms with van der Waals surface area (Å²) in [4.78, 5) is 17.1. The third kappa shape index (κ3) is 2.22. The first-order valence-corrected chi connectivity index (χ1v) is 6.82. The summed E-state index contributed by atoms with van der Waals surface area (Å²) in [6, 6.07) is 1.99. The molecule has 20 heavy (non-hydrogen) atoms. The Morgan fingerprint density at radius 2 is 2.15 bits per heavy atom. The van der Waals surface area contributed by atoms with Gasteiger partial charge < -0.3 is 0 Å². The van der Waals surface area contributed by atoms with Crippen molar-refractivity contribution < 1.29 is 13.6 Å². The highest BCUT2D eigenvalue weighted by Crippen LogP contribution is 2.17. The molecule has 3 aromatic rings. The van der Waals surface area contributed by atoms with E-state index in [1.807, 2.05) is 11.6 Å². The topological polar surface area (TPSA) is 34.4 Å². The lowest BCUT2D eigenvalue weighted by molar-refractivity contribution is 0.0988. The van der Waals surface area contributed by atoms with Crippen molar-refractivity contribution in [1.29, 1.82) is 0 Å². The van der Waals surface area contributed by atoms with Gasteiger partial charge in [0.25, 0.3) is 0 Å². The predicted molar refractivity (Wildman–Crippen MR) is 72.2 cm³/mol. The molecule has 0 N–H and O–H groups in total. The molecule has 102 valence electrons. The normalized spacial score (nSPS) is 11.2. The van der Waals surface area contributed by atoms with Crippen LogP contribution in [0.15, 0.2) is 29.9 Å². The van der Waals surface area contributed by atoms with E-state index in [1.165, 1.54) is 24.3 Å². The number of hydrogen-bond donors (Lipinski definition) is 0. The van der Waals surface area contributed by atoms with Gasteiger partial charge in [0, 0.05) is 23.8 Å². The van der Waals surface area contributed by atoms with Crippen molar-refractivity contribution in [2.24, 2.45) is 0 Å². The molecule has 3 rings (SSSR count). The Hall–Kier alpha value is -2.08. The van der Waals surface area contributed by atoms with Crippen LogP contribution in [0.2, 0.25) is 0 Å². The Labute approximate surface area is 117 Å². The first-order valence-electron chi connectivity index (χ1n) is 5.94. The number of rotatable bonds is 3. The van der Waals surface area contributed by atoms with E-state index in [4.69, 9.17) is 0 Å². The van der Waals surface area contributed by atoms with Gasteiger partial charge in [0.1, 0.15) is 11.6 Å². The number of halogens is 2. The van der Waals surface area contributed by atoms with E-state index in [0.717, 1.165) is 11.0 Å². The number of Topliss-reactive ketones (excluding diaryl/α,β-unsaturated/α-hetero) is 1. The van der Waals surface area contributed by atoms with Gasteiger partial charge >= 0.3 is 0 Å². The maximum atomic E-state index is 13.6. The minimum absolute atomic E-state index is 0.00358. The van der Waals surface area contributed by atoms with Crippen molar-refractivity contribution >= 4 is 22.1 Å². The molecule has 6 heteroatoms. The van der Waals surface area contributed by atoms with Crippen LogP contribution in [0.1, 0.15) is 21.6 Å². The maximum absolute atomic E-state index is 13.6. The van der Waals surface area contributed by atoms with Crippen molar-refractivity contribution in [3.63, 3.8) is 0 Å². The Morgan fingerprint density at radius 3 is 2.90 bits per heavy atom. The lowest BCUT2D eigenvalue weighted by Gasteiger charge is -2.04. The average molecular weight is 292 g/mol. The van der Waals surface area contributed by atoms with Gasteiger partial charge in [0.05, 0.1) is 17.7 Å². The van der Waals surface area contributed by atoms with Crippen LogP contribution in [0.4, 0.5) is 8.78 Å². The number of carbonyl (C=O) groups is 1. The summed E-state index contributed by atoms with van der Waals surface area (Å²) < 4.78 is 28.6. The third-order valence-corrected chi connectivity index (χ3v) is 3.80. The molecular weight excluding hydrogens is 282 g/mol. The average Bonchev–Trinajstić information content (AvgIpc) is 2.94. The van der Waals surface area contributed by atoms with Crippen LogP contribution >= 0.6 is 11.3 Å². The van der Waals surface area contributed by atoms with Crippen LogP contribution in [-0.4, -0.2) is 15.2 Å². The number of nitrogens with zero attached hydrogens (tertiary/aromatic N) is 2. The van der Waals surface area contributed by atoms with Crippen LogP contribution in [0.25, 0.3) is 4.96 Å². The molecule has 0 saturated carbocycles. The van der Waals surface area contributed by atoms with Gasteiger partial charge in [-0.25, -0.2) is 13.8 Å². The summed E-state index contributed by atoms with van der Waals surface area (Å²) in [5.41, 5.74) is 0.726. The molecule has 0 saturated heterocycles. The largest absolute Gasteiger partial charge is 0.297 e. The predicted octanol–water partition coefficient (Wildman–Crippen LogP) is 3.41. The monoisotopic (exact) mass is 292 g/mol. The van der Waals surface area contributed by atoms with E-state index in [1.54, 1.807) is 10.6 Å². The second kappa shape index (κ2) is 4.79. The van der Waals surface area contributed by atoms with Crippen LogP contribution < -0.4 is 0 Å². The zero-order valence-corrected chi connectivity index (χ0v) is 11.4. The summed E-state index contributed by atoms with van der Waals surface area (Å²) >= 11 is 1.46. The number of aryl methyl sites for hydroxylation is 1. The molecule has 0 amide bonds. The lowest BCUT2D eigenvalue weighted by atomic mass is 10.0. The zero-order chi connectivity index (χ0) is 14.3. The van der Waals surface area contributed by atoms with Crippen molar-refractivity contribution in [2.75, 3.05) is 0 Å². The minimum atomic E-state index is -0.834. The maximum Gasteiger partial charge on any atom is 0.193 e. The van der Waals surface area contributed by atoms with Crippen molar-refractivity contribution in [2.45, 2.75) is 13.3 Å². The summed E-state index contributed by atoms with van der Waals surface area (Å²) in [7, 11) is 0. The molecular formula is C14H10F2N2OS. The zero-order valence-electron chi connectivity index (χ0n) is 10.6. The fraction of sp³-hybridized carbons (Fsp3) is 0.143. The Morgan fingerprint density at radius 1 is 1.35 bits per heavy atom. The smallest absolute Gasteiger partial charge is 0.193 e. The molecule has 0 bridgehead atoms. The molecule has 0 radical (unpaired) electrons. The molecule has 0 spiro atoms. The van der Waals surface area contributed by atoms with Crippen LogP contribution in [0, 0.1) is 18.6 Å². The summed E-state index contributed by atoms with van der Waals surface area (Å²) in [5.74, 6) is -1.89. The number of thiazole rings is 1. The number of fused-ring (bicyclic) bond motifs is 1. The van der Waals surface area contributed by atoms with Gasteiger partial charge in [-0.15, -0.1) is 11.3 Å². The van der Waals surface area contributed by atoms with Crippen molar-refractivity contribution in [3.8, 4) is 0 Å².